The average Bonchev–Trinajstić information content (AvgIpc) is 2.54. The summed E-state index contributed by atoms with van der Waals surface area (Å²) in [6, 6.07) is 14.2. The minimum absolute atomic E-state index is 0. The molecule has 0 aliphatic heterocycles. The van der Waals surface area contributed by atoms with Crippen LogP contribution in [0, 0.1) is 31.4 Å². The van der Waals surface area contributed by atoms with E-state index < -0.39 is 4.92 Å². The van der Waals surface area contributed by atoms with Crippen molar-refractivity contribution in [3.8, 4) is 0 Å². The summed E-state index contributed by atoms with van der Waals surface area (Å²) >= 11 is 8.98. The van der Waals surface area contributed by atoms with Gasteiger partial charge in [-0.25, -0.2) is 0 Å². The van der Waals surface area contributed by atoms with Gasteiger partial charge in [0, 0.05) is 55.1 Å². The summed E-state index contributed by atoms with van der Waals surface area (Å²) in [6.45, 7) is 3.93. The predicted octanol–water partition coefficient (Wildman–Crippen LogP) is 7.47. The first kappa shape index (κ1) is 29.9. The molecule has 2 N–H and O–H groups in total. The van der Waals surface area contributed by atoms with Gasteiger partial charge in [0.15, 0.2) is 0 Å². The number of nitrogens with zero attached hydrogens (tertiary/aromatic N) is 1. The molecule has 0 heterocycles. The van der Waals surface area contributed by atoms with Crippen LogP contribution in [0.5, 0.6) is 0 Å². The van der Waals surface area contributed by atoms with Gasteiger partial charge in [-0.3, -0.25) is 10.1 Å². The standard InChI is InChI=1S/C7H7NO2.C7H9N.CH3.I2.2HI.V/c1-6-2-4-7(5-3-6)8(9)10;1-6-2-4-7(8)5-3-6;;1-2;;;/h2-5H,1H3;2-5H,8H2,1H3;1H3;;2*1H;/q;;-1;;;;+2/p-2. The van der Waals surface area contributed by atoms with E-state index in [9.17, 15) is 10.1 Å². The summed E-state index contributed by atoms with van der Waals surface area (Å²) in [6.07, 6.45) is 0. The Labute approximate surface area is 196 Å². The Balaban J connectivity index is -0.000000285. The van der Waals surface area contributed by atoms with Gasteiger partial charge in [-0.15, -0.1) is 0 Å². The van der Waals surface area contributed by atoms with E-state index in [0.717, 1.165) is 11.3 Å². The first-order chi connectivity index (χ1) is 10.9. The van der Waals surface area contributed by atoms with Crippen LogP contribution in [-0.4, -0.2) is 4.92 Å². The van der Waals surface area contributed by atoms with E-state index in [4.69, 9.17) is 5.73 Å². The maximum absolute atomic E-state index is 10.1. The number of benzene rings is 2. The Morgan fingerprint density at radius 1 is 0.917 bits per heavy atom. The predicted molar refractivity (Wildman–Crippen MR) is 136 cm³/mol. The zero-order chi connectivity index (χ0) is 18.3. The third-order valence-corrected chi connectivity index (χ3v) is 2.32. The number of aryl methyl sites for hydroxylation is 2. The van der Waals surface area contributed by atoms with Crippen molar-refractivity contribution in [2.75, 3.05) is 5.73 Å². The van der Waals surface area contributed by atoms with E-state index in [0.29, 0.717) is 9.47 Å². The van der Waals surface area contributed by atoms with Gasteiger partial charge >= 0.3 is 49.4 Å². The molecular weight excluding hydrogens is 799 g/mol. The van der Waals surface area contributed by atoms with Crippen LogP contribution in [0.2, 0.25) is 0 Å². The van der Waals surface area contributed by atoms with Gasteiger partial charge in [0.1, 0.15) is 0 Å². The summed E-state index contributed by atoms with van der Waals surface area (Å²) in [7, 11) is 0.628. The van der Waals surface area contributed by atoms with Crippen LogP contribution in [-0.2, 0) is 9.47 Å². The summed E-state index contributed by atoms with van der Waals surface area (Å²) < 4.78 is 0. The summed E-state index contributed by atoms with van der Waals surface area (Å²) in [5.74, 6) is 0. The minimum atomic E-state index is -0.403. The van der Waals surface area contributed by atoms with E-state index in [1.54, 1.807) is 12.1 Å². The number of anilines is 1. The van der Waals surface area contributed by atoms with Crippen molar-refractivity contribution in [2.45, 2.75) is 13.8 Å². The second-order valence-electron chi connectivity index (χ2n) is 4.07. The summed E-state index contributed by atoms with van der Waals surface area (Å²) in [5.41, 5.74) is 8.68. The molecule has 0 radical (unpaired) electrons. The number of non-ortho nitro benzene ring substituents is 1. The number of rotatable bonds is 1. The average molecular weight is 818 g/mol. The second-order valence-corrected chi connectivity index (χ2v) is 15.9. The molecule has 2 aromatic rings. The third kappa shape index (κ3) is 18.0. The van der Waals surface area contributed by atoms with Gasteiger partial charge in [0.25, 0.3) is 5.69 Å². The fourth-order valence-corrected chi connectivity index (χ4v) is 1.23. The maximum atomic E-state index is 10.1. The van der Waals surface area contributed by atoms with Crippen LogP contribution in [0.1, 0.15) is 11.1 Å². The van der Waals surface area contributed by atoms with E-state index >= 15 is 0 Å². The van der Waals surface area contributed by atoms with E-state index in [1.807, 2.05) is 38.1 Å². The fourth-order valence-electron chi connectivity index (χ4n) is 1.23. The fraction of sp³-hybridized carbons (Fsp3) is 0.133. The Morgan fingerprint density at radius 2 is 1.21 bits per heavy atom. The van der Waals surface area contributed by atoms with Crippen LogP contribution in [0.3, 0.4) is 0 Å². The van der Waals surface area contributed by atoms with Gasteiger partial charge in [-0.1, -0.05) is 35.4 Å². The monoisotopic (exact) mass is 818 g/mol. The molecule has 135 valence electrons. The molecule has 4 nitrogen and oxygen atoms in total. The quantitative estimate of drug-likeness (QED) is 0.107. The van der Waals surface area contributed by atoms with Crippen molar-refractivity contribution in [1.29, 1.82) is 0 Å². The number of hydrogen-bond donors (Lipinski definition) is 1. The van der Waals surface area contributed by atoms with Gasteiger partial charge in [-0.2, -0.15) is 0 Å². The molecule has 0 aliphatic carbocycles. The molecule has 24 heavy (non-hydrogen) atoms. The second kappa shape index (κ2) is 20.5. The van der Waals surface area contributed by atoms with Crippen LogP contribution in [0.25, 0.3) is 0 Å². The van der Waals surface area contributed by atoms with Crippen molar-refractivity contribution >= 4 is 88.6 Å². The molecule has 0 saturated carbocycles. The molecule has 0 aromatic heterocycles. The van der Waals surface area contributed by atoms with E-state index in [2.05, 4.69) is 77.2 Å². The molecule has 0 unspecified atom stereocenters. The third-order valence-electron chi connectivity index (χ3n) is 2.32. The first-order valence-corrected chi connectivity index (χ1v) is 21.3. The zero-order valence-corrected chi connectivity index (χ0v) is 23.4. The van der Waals surface area contributed by atoms with Crippen molar-refractivity contribution in [2.24, 2.45) is 0 Å². The molecule has 0 fully saturated rings. The van der Waals surface area contributed by atoms with Crippen molar-refractivity contribution in [3.63, 3.8) is 0 Å². The van der Waals surface area contributed by atoms with Crippen LogP contribution in [0.15, 0.2) is 48.5 Å². The molecular formula is C15H19I4N2O2V-. The molecule has 0 atom stereocenters. The Morgan fingerprint density at radius 3 is 1.46 bits per heavy atom. The zero-order valence-electron chi connectivity index (χ0n) is 13.4. The molecule has 9 heteroatoms. The molecule has 2 rings (SSSR count). The summed E-state index contributed by atoms with van der Waals surface area (Å²) in [4.78, 5) is 9.71. The number of hydrogen-bond acceptors (Lipinski definition) is 3. The van der Waals surface area contributed by atoms with Crippen molar-refractivity contribution in [3.05, 3.63) is 77.2 Å². The van der Waals surface area contributed by atoms with E-state index in [1.165, 1.54) is 17.7 Å². The SMILES string of the molecule is Cc1ccc(N)cc1.Cc1ccc([N+](=O)[O-])cc1.II.[CH3-].[I][V][I]. The van der Waals surface area contributed by atoms with Crippen LogP contribution in [0.4, 0.5) is 11.4 Å². The molecule has 0 amide bonds. The first-order valence-electron chi connectivity index (χ1n) is 6.00. The molecule has 0 spiro atoms. The normalized spacial score (nSPS) is 7.75. The number of nitro benzene ring substituents is 1. The number of nitrogen functional groups attached to an aromatic ring is 1. The molecule has 2 aromatic carbocycles. The van der Waals surface area contributed by atoms with Crippen molar-refractivity contribution in [1.82, 2.24) is 0 Å². The van der Waals surface area contributed by atoms with Gasteiger partial charge in [-0.05, 0) is 26.0 Å². The van der Waals surface area contributed by atoms with Gasteiger partial charge in [0.2, 0.25) is 0 Å². The van der Waals surface area contributed by atoms with Crippen LogP contribution >= 0.6 is 77.2 Å². The Hall–Kier alpha value is 1.14. The number of nitrogens with two attached hydrogens (primary N) is 1. The summed E-state index contributed by atoms with van der Waals surface area (Å²) in [5, 5.41) is 10.1. The van der Waals surface area contributed by atoms with Crippen molar-refractivity contribution < 1.29 is 14.4 Å². The van der Waals surface area contributed by atoms with Crippen LogP contribution < -0.4 is 5.73 Å². The molecule has 0 bridgehead atoms. The van der Waals surface area contributed by atoms with Gasteiger partial charge in [0.05, 0.1) is 4.92 Å². The van der Waals surface area contributed by atoms with Gasteiger partial charge < -0.3 is 13.2 Å². The topological polar surface area (TPSA) is 69.2 Å². The number of halogens is 4. The Bertz CT molecular complexity index is 519. The molecule has 0 aliphatic rings. The van der Waals surface area contributed by atoms with E-state index in [-0.39, 0.29) is 13.1 Å². The Kier molecular flexibility index (Phi) is 25.5. The number of nitro groups is 1. The molecule has 0 saturated heterocycles.